The summed E-state index contributed by atoms with van der Waals surface area (Å²) in [6.07, 6.45) is 2.42. The monoisotopic (exact) mass is 509 g/mol. The second-order valence-electron chi connectivity index (χ2n) is 6.95. The summed E-state index contributed by atoms with van der Waals surface area (Å²) in [6, 6.07) is 8.12. The highest BCUT2D eigenvalue weighted by Crippen LogP contribution is 2.36. The largest absolute Gasteiger partial charge is 0.497 e. The lowest BCUT2D eigenvalue weighted by molar-refractivity contribution is 0.273. The fourth-order valence-electron chi connectivity index (χ4n) is 3.04. The molecular weight excluding hydrogens is 486 g/mol. The lowest BCUT2D eigenvalue weighted by Crippen LogP contribution is -2.11. The number of anilines is 5. The van der Waals surface area contributed by atoms with E-state index in [9.17, 15) is 13.5 Å². The summed E-state index contributed by atoms with van der Waals surface area (Å²) in [5.41, 5.74) is 1.60. The summed E-state index contributed by atoms with van der Waals surface area (Å²) in [6.45, 7) is -0.267. The van der Waals surface area contributed by atoms with Crippen LogP contribution in [0.25, 0.3) is 0 Å². The Morgan fingerprint density at radius 2 is 1.68 bits per heavy atom. The molecule has 0 amide bonds. The molecule has 11 nitrogen and oxygen atoms in total. The minimum Gasteiger partial charge on any atom is -0.497 e. The van der Waals surface area contributed by atoms with Gasteiger partial charge in [-0.1, -0.05) is 11.6 Å². The van der Waals surface area contributed by atoms with E-state index in [1.54, 1.807) is 24.3 Å². The predicted molar refractivity (Wildman–Crippen MR) is 131 cm³/mol. The number of nitrogens with one attached hydrogen (secondary N) is 3. The van der Waals surface area contributed by atoms with Gasteiger partial charge < -0.3 is 30.0 Å². The van der Waals surface area contributed by atoms with Crippen LogP contribution in [-0.4, -0.2) is 51.1 Å². The first-order chi connectivity index (χ1) is 16.2. The number of halogens is 1. The van der Waals surface area contributed by atoms with Crippen molar-refractivity contribution in [3.63, 3.8) is 0 Å². The molecule has 1 aromatic heterocycles. The van der Waals surface area contributed by atoms with Crippen molar-refractivity contribution in [3.05, 3.63) is 47.1 Å². The van der Waals surface area contributed by atoms with Gasteiger partial charge >= 0.3 is 0 Å². The Labute approximate surface area is 202 Å². The number of benzene rings is 2. The third-order valence-corrected chi connectivity index (χ3v) is 5.38. The smallest absolute Gasteiger partial charge is 0.229 e. The second-order valence-corrected chi connectivity index (χ2v) is 9.11. The number of nitrogens with zero attached hydrogens (tertiary/aromatic N) is 2. The Morgan fingerprint density at radius 3 is 2.29 bits per heavy atom. The number of sulfonamides is 1. The SMILES string of the molecule is COc1ccc(Nc2nc(Nc3cc(OC)cc(CO)c3OC)ncc2Cl)c(NS(C)(=O)=O)c1. The molecule has 0 aliphatic carbocycles. The van der Waals surface area contributed by atoms with Crippen molar-refractivity contribution in [2.75, 3.05) is 42.9 Å². The van der Waals surface area contributed by atoms with Gasteiger partial charge in [0, 0.05) is 17.7 Å². The first-order valence-electron chi connectivity index (χ1n) is 9.75. The summed E-state index contributed by atoms with van der Waals surface area (Å²) < 4.78 is 41.9. The molecule has 0 radical (unpaired) electrons. The maximum atomic E-state index is 11.8. The minimum atomic E-state index is -3.57. The van der Waals surface area contributed by atoms with Crippen molar-refractivity contribution in [2.45, 2.75) is 6.61 Å². The van der Waals surface area contributed by atoms with E-state index in [0.29, 0.717) is 34.2 Å². The van der Waals surface area contributed by atoms with Gasteiger partial charge in [-0.2, -0.15) is 4.98 Å². The van der Waals surface area contributed by atoms with E-state index in [0.717, 1.165) is 6.26 Å². The third-order valence-electron chi connectivity index (χ3n) is 4.52. The lowest BCUT2D eigenvalue weighted by atomic mass is 10.1. The molecule has 13 heteroatoms. The van der Waals surface area contributed by atoms with E-state index < -0.39 is 10.0 Å². The first-order valence-corrected chi connectivity index (χ1v) is 12.0. The van der Waals surface area contributed by atoms with Crippen molar-refractivity contribution >= 4 is 50.5 Å². The van der Waals surface area contributed by atoms with Gasteiger partial charge in [-0.25, -0.2) is 13.4 Å². The molecule has 3 aromatic rings. The molecule has 0 spiro atoms. The molecule has 0 fully saturated rings. The van der Waals surface area contributed by atoms with E-state index in [2.05, 4.69) is 25.3 Å². The minimum absolute atomic E-state index is 0.161. The molecule has 3 rings (SSSR count). The zero-order chi connectivity index (χ0) is 24.9. The highest BCUT2D eigenvalue weighted by atomic mass is 35.5. The van der Waals surface area contributed by atoms with Crippen LogP contribution in [0, 0.1) is 0 Å². The number of ether oxygens (including phenoxy) is 3. The number of aromatic nitrogens is 2. The Kier molecular flexibility index (Phi) is 7.87. The van der Waals surface area contributed by atoms with Gasteiger partial charge in [-0.05, 0) is 18.2 Å². The predicted octanol–water partition coefficient (Wildman–Crippen LogP) is 3.51. The molecule has 182 valence electrons. The number of aliphatic hydroxyl groups excluding tert-OH is 1. The Balaban J connectivity index is 1.98. The Hall–Kier alpha value is -3.48. The maximum Gasteiger partial charge on any atom is 0.229 e. The zero-order valence-electron chi connectivity index (χ0n) is 18.8. The number of aliphatic hydroxyl groups is 1. The second kappa shape index (κ2) is 10.6. The van der Waals surface area contributed by atoms with Crippen LogP contribution in [-0.2, 0) is 16.6 Å². The number of hydrogen-bond donors (Lipinski definition) is 4. The van der Waals surface area contributed by atoms with Gasteiger partial charge in [0.05, 0.1) is 57.5 Å². The van der Waals surface area contributed by atoms with E-state index in [1.165, 1.54) is 33.6 Å². The third kappa shape index (κ3) is 6.10. The molecule has 1 heterocycles. The van der Waals surface area contributed by atoms with Crippen molar-refractivity contribution in [1.82, 2.24) is 9.97 Å². The van der Waals surface area contributed by atoms with Crippen molar-refractivity contribution in [1.29, 1.82) is 0 Å². The summed E-state index contributed by atoms with van der Waals surface area (Å²) >= 11 is 6.29. The average molecular weight is 510 g/mol. The Bertz CT molecular complexity index is 1290. The summed E-state index contributed by atoms with van der Waals surface area (Å²) in [5.74, 6) is 1.72. The zero-order valence-corrected chi connectivity index (χ0v) is 20.4. The van der Waals surface area contributed by atoms with Crippen LogP contribution in [0.3, 0.4) is 0 Å². The first kappa shape index (κ1) is 25.1. The number of methoxy groups -OCH3 is 3. The molecule has 0 bridgehead atoms. The van der Waals surface area contributed by atoms with Crippen LogP contribution in [0.2, 0.25) is 5.02 Å². The molecule has 0 atom stereocenters. The molecule has 34 heavy (non-hydrogen) atoms. The van der Waals surface area contributed by atoms with Crippen LogP contribution in [0.15, 0.2) is 36.5 Å². The normalized spacial score (nSPS) is 11.0. The van der Waals surface area contributed by atoms with Crippen LogP contribution in [0.5, 0.6) is 17.2 Å². The van der Waals surface area contributed by atoms with Crippen molar-refractivity contribution in [2.24, 2.45) is 0 Å². The van der Waals surface area contributed by atoms with Crippen LogP contribution >= 0.6 is 11.6 Å². The van der Waals surface area contributed by atoms with Crippen LogP contribution in [0.4, 0.5) is 28.8 Å². The van der Waals surface area contributed by atoms with Crippen molar-refractivity contribution in [3.8, 4) is 17.2 Å². The van der Waals surface area contributed by atoms with Crippen LogP contribution in [0.1, 0.15) is 5.56 Å². The van der Waals surface area contributed by atoms with Gasteiger partial charge in [0.2, 0.25) is 16.0 Å². The van der Waals surface area contributed by atoms with E-state index in [1.807, 2.05) is 0 Å². The van der Waals surface area contributed by atoms with Gasteiger partial charge in [0.1, 0.15) is 22.3 Å². The highest BCUT2D eigenvalue weighted by molar-refractivity contribution is 7.92. The fourth-order valence-corrected chi connectivity index (χ4v) is 3.74. The summed E-state index contributed by atoms with van der Waals surface area (Å²) in [5, 5.41) is 15.9. The maximum absolute atomic E-state index is 11.8. The molecule has 0 saturated carbocycles. The topological polar surface area (TPSA) is 144 Å². The molecule has 4 N–H and O–H groups in total. The quantitative estimate of drug-likeness (QED) is 0.320. The summed E-state index contributed by atoms with van der Waals surface area (Å²) in [7, 11) is 0.885. The fraction of sp³-hybridized carbons (Fsp3) is 0.238. The number of hydrogen-bond acceptors (Lipinski definition) is 10. The average Bonchev–Trinajstić information content (AvgIpc) is 2.80. The Morgan fingerprint density at radius 1 is 0.971 bits per heavy atom. The lowest BCUT2D eigenvalue weighted by Gasteiger charge is -2.17. The molecular formula is C21H24ClN5O6S. The number of rotatable bonds is 10. The van der Waals surface area contributed by atoms with Gasteiger partial charge in [0.25, 0.3) is 0 Å². The highest BCUT2D eigenvalue weighted by Gasteiger charge is 2.16. The molecule has 0 unspecified atom stereocenters. The van der Waals surface area contributed by atoms with Gasteiger partial charge in [-0.15, -0.1) is 0 Å². The van der Waals surface area contributed by atoms with Gasteiger partial charge in [0.15, 0.2) is 5.82 Å². The molecule has 0 aliphatic heterocycles. The van der Waals surface area contributed by atoms with Gasteiger partial charge in [-0.3, -0.25) is 4.72 Å². The standard InChI is InChI=1S/C21H24ClN5O6S/c1-31-13-5-6-16(17(8-13)27-34(4,29)30)24-20-15(22)10-23-21(26-20)25-18-9-14(32-2)7-12(11-28)19(18)33-3/h5-10,27-28H,11H2,1-4H3,(H2,23,24,25,26). The van der Waals surface area contributed by atoms with Crippen LogP contribution < -0.4 is 29.6 Å². The molecule has 2 aromatic carbocycles. The van der Waals surface area contributed by atoms with E-state index in [4.69, 9.17) is 25.8 Å². The van der Waals surface area contributed by atoms with E-state index in [-0.39, 0.29) is 29.1 Å². The molecule has 0 saturated heterocycles. The molecule has 0 aliphatic rings. The van der Waals surface area contributed by atoms with E-state index >= 15 is 0 Å². The summed E-state index contributed by atoms with van der Waals surface area (Å²) in [4.78, 5) is 8.58. The van der Waals surface area contributed by atoms with Crippen molar-refractivity contribution < 1.29 is 27.7 Å².